The Morgan fingerprint density at radius 3 is 2.35 bits per heavy atom. The molecule has 1 aromatic carbocycles. The van der Waals surface area contributed by atoms with Crippen LogP contribution in [0.3, 0.4) is 0 Å². The second-order valence-corrected chi connectivity index (χ2v) is 8.05. The Bertz CT molecular complexity index is 598. The van der Waals surface area contributed by atoms with Crippen LogP contribution >= 0.6 is 11.8 Å². The van der Waals surface area contributed by atoms with Crippen LogP contribution in [-0.2, 0) is 10.0 Å². The van der Waals surface area contributed by atoms with Crippen LogP contribution < -0.4 is 5.73 Å². The zero-order valence-corrected chi connectivity index (χ0v) is 14.7. The van der Waals surface area contributed by atoms with Crippen LogP contribution in [0.25, 0.3) is 0 Å². The number of sulfonamides is 1. The smallest absolute Gasteiger partial charge is 0.243 e. The molecular formula is C14H24N2O2S2. The lowest BCUT2D eigenvalue weighted by Crippen LogP contribution is -2.37. The van der Waals surface area contributed by atoms with Crippen LogP contribution in [0, 0.1) is 20.8 Å². The van der Waals surface area contributed by atoms with Gasteiger partial charge in [-0.25, -0.2) is 8.42 Å². The first kappa shape index (κ1) is 17.3. The maximum Gasteiger partial charge on any atom is 0.243 e. The number of nitrogens with two attached hydrogens (primary N) is 1. The molecular weight excluding hydrogens is 292 g/mol. The summed E-state index contributed by atoms with van der Waals surface area (Å²) in [6.45, 7) is 7.40. The maximum atomic E-state index is 12.8. The molecule has 1 atom stereocenters. The van der Waals surface area contributed by atoms with Gasteiger partial charge in [-0.05, 0) is 50.6 Å². The van der Waals surface area contributed by atoms with Crippen molar-refractivity contribution in [1.29, 1.82) is 0 Å². The van der Waals surface area contributed by atoms with Crippen molar-refractivity contribution < 1.29 is 8.42 Å². The summed E-state index contributed by atoms with van der Waals surface area (Å²) in [6, 6.07) is 1.78. The second-order valence-electron chi connectivity index (χ2n) is 5.20. The highest BCUT2D eigenvalue weighted by molar-refractivity contribution is 7.98. The molecule has 0 heterocycles. The minimum absolute atomic E-state index is 0.0590. The molecule has 1 aromatic rings. The largest absolute Gasteiger partial charge is 0.398 e. The number of nitrogen functional groups attached to an aromatic ring is 1. The van der Waals surface area contributed by atoms with Gasteiger partial charge in [0.15, 0.2) is 0 Å². The van der Waals surface area contributed by atoms with E-state index in [1.807, 2.05) is 33.1 Å². The Labute approximate surface area is 126 Å². The summed E-state index contributed by atoms with van der Waals surface area (Å²) in [5.74, 6) is 0.759. The zero-order chi connectivity index (χ0) is 15.7. The summed E-state index contributed by atoms with van der Waals surface area (Å²) < 4.78 is 27.1. The molecule has 0 aliphatic heterocycles. The highest BCUT2D eigenvalue weighted by Gasteiger charge is 2.29. The fourth-order valence-corrected chi connectivity index (χ4v) is 4.91. The predicted molar refractivity (Wildman–Crippen MR) is 87.9 cm³/mol. The average molecular weight is 316 g/mol. The van der Waals surface area contributed by atoms with E-state index in [1.165, 1.54) is 4.31 Å². The van der Waals surface area contributed by atoms with Gasteiger partial charge in [0, 0.05) is 24.5 Å². The molecule has 0 fully saturated rings. The maximum absolute atomic E-state index is 12.8. The first-order valence-electron chi connectivity index (χ1n) is 6.47. The van der Waals surface area contributed by atoms with E-state index in [0.717, 1.165) is 16.9 Å². The minimum atomic E-state index is -3.52. The third-order valence-electron chi connectivity index (χ3n) is 3.63. The molecule has 4 nitrogen and oxygen atoms in total. The number of benzene rings is 1. The Kier molecular flexibility index (Phi) is 5.52. The van der Waals surface area contributed by atoms with Crippen LogP contribution in [0.4, 0.5) is 5.69 Å². The fourth-order valence-electron chi connectivity index (χ4n) is 2.31. The molecule has 0 bridgehead atoms. The molecule has 0 radical (unpaired) electrons. The lowest BCUT2D eigenvalue weighted by molar-refractivity contribution is 0.414. The monoisotopic (exact) mass is 316 g/mol. The third kappa shape index (κ3) is 3.13. The van der Waals surface area contributed by atoms with Gasteiger partial charge in [0.25, 0.3) is 0 Å². The second kappa shape index (κ2) is 6.37. The van der Waals surface area contributed by atoms with Crippen molar-refractivity contribution >= 4 is 27.5 Å². The quantitative estimate of drug-likeness (QED) is 0.848. The molecule has 6 heteroatoms. The van der Waals surface area contributed by atoms with E-state index in [-0.39, 0.29) is 6.04 Å². The molecule has 20 heavy (non-hydrogen) atoms. The van der Waals surface area contributed by atoms with E-state index >= 15 is 0 Å². The Hall–Kier alpha value is -0.720. The van der Waals surface area contributed by atoms with Gasteiger partial charge in [-0.15, -0.1) is 0 Å². The highest BCUT2D eigenvalue weighted by Crippen LogP contribution is 2.30. The molecule has 0 aromatic heterocycles. The van der Waals surface area contributed by atoms with Crippen molar-refractivity contribution in [2.24, 2.45) is 0 Å². The summed E-state index contributed by atoms with van der Waals surface area (Å²) >= 11 is 1.63. The Balaban J connectivity index is 3.40. The number of nitrogens with zero attached hydrogens (tertiary/aromatic N) is 1. The number of hydrogen-bond donors (Lipinski definition) is 1. The SMILES string of the molecule is CSCC(C)N(C)S(=O)(=O)c1c(C)cc(C)c(N)c1C. The average Bonchev–Trinajstić information content (AvgIpc) is 2.35. The molecule has 0 spiro atoms. The van der Waals surface area contributed by atoms with Gasteiger partial charge in [0.05, 0.1) is 4.90 Å². The first-order valence-corrected chi connectivity index (χ1v) is 9.31. The number of rotatable bonds is 5. The minimum Gasteiger partial charge on any atom is -0.398 e. The van der Waals surface area contributed by atoms with Crippen LogP contribution in [-0.4, -0.2) is 37.8 Å². The Morgan fingerprint density at radius 2 is 1.85 bits per heavy atom. The van der Waals surface area contributed by atoms with E-state index in [2.05, 4.69) is 0 Å². The van der Waals surface area contributed by atoms with E-state index < -0.39 is 10.0 Å². The van der Waals surface area contributed by atoms with Gasteiger partial charge in [-0.2, -0.15) is 16.1 Å². The van der Waals surface area contributed by atoms with E-state index in [1.54, 1.807) is 25.7 Å². The third-order valence-corrected chi connectivity index (χ3v) is 6.70. The van der Waals surface area contributed by atoms with Gasteiger partial charge >= 0.3 is 0 Å². The van der Waals surface area contributed by atoms with E-state index in [0.29, 0.717) is 16.1 Å². The van der Waals surface area contributed by atoms with Crippen LogP contribution in [0.5, 0.6) is 0 Å². The number of thioether (sulfide) groups is 1. The number of hydrogen-bond acceptors (Lipinski definition) is 4. The van der Waals surface area contributed by atoms with Gasteiger partial charge in [-0.3, -0.25) is 0 Å². The standard InChI is InChI=1S/C14H24N2O2S2/c1-9-7-10(2)14(12(4)13(9)15)20(17,18)16(5)11(3)8-19-6/h7,11H,8,15H2,1-6H3. The van der Waals surface area contributed by atoms with E-state index in [9.17, 15) is 8.42 Å². The van der Waals surface area contributed by atoms with Gasteiger partial charge in [0.1, 0.15) is 0 Å². The lowest BCUT2D eigenvalue weighted by Gasteiger charge is -2.26. The molecule has 1 unspecified atom stereocenters. The van der Waals surface area contributed by atoms with Crippen molar-refractivity contribution in [2.45, 2.75) is 38.6 Å². The van der Waals surface area contributed by atoms with Crippen molar-refractivity contribution in [2.75, 3.05) is 24.8 Å². The topological polar surface area (TPSA) is 63.4 Å². The van der Waals surface area contributed by atoms with Gasteiger partial charge in [-0.1, -0.05) is 6.07 Å². The Morgan fingerprint density at radius 1 is 1.30 bits per heavy atom. The molecule has 2 N–H and O–H groups in total. The van der Waals surface area contributed by atoms with E-state index in [4.69, 9.17) is 5.73 Å². The summed E-state index contributed by atoms with van der Waals surface area (Å²) in [7, 11) is -1.89. The molecule has 0 saturated heterocycles. The van der Waals surface area contributed by atoms with Crippen molar-refractivity contribution in [1.82, 2.24) is 4.31 Å². The molecule has 0 aliphatic rings. The highest BCUT2D eigenvalue weighted by atomic mass is 32.2. The molecule has 114 valence electrons. The van der Waals surface area contributed by atoms with Crippen LogP contribution in [0.2, 0.25) is 0 Å². The number of anilines is 1. The molecule has 0 saturated carbocycles. The van der Waals surface area contributed by atoms with Crippen molar-refractivity contribution in [3.63, 3.8) is 0 Å². The summed E-state index contributed by atoms with van der Waals surface area (Å²) in [6.07, 6.45) is 1.97. The lowest BCUT2D eigenvalue weighted by atomic mass is 10.1. The molecule has 0 amide bonds. The number of aryl methyl sites for hydroxylation is 2. The summed E-state index contributed by atoms with van der Waals surface area (Å²) in [5.41, 5.74) is 8.86. The normalized spacial score (nSPS) is 13.8. The first-order chi connectivity index (χ1) is 9.14. The van der Waals surface area contributed by atoms with Crippen molar-refractivity contribution in [3.05, 3.63) is 22.8 Å². The fraction of sp³-hybridized carbons (Fsp3) is 0.571. The zero-order valence-electron chi connectivity index (χ0n) is 13.0. The van der Waals surface area contributed by atoms with Gasteiger partial charge < -0.3 is 5.73 Å². The van der Waals surface area contributed by atoms with Crippen LogP contribution in [0.1, 0.15) is 23.6 Å². The molecule has 0 aliphatic carbocycles. The van der Waals surface area contributed by atoms with Crippen LogP contribution in [0.15, 0.2) is 11.0 Å². The predicted octanol–water partition coefficient (Wildman–Crippen LogP) is 2.57. The molecule has 1 rings (SSSR count). The summed E-state index contributed by atoms with van der Waals surface area (Å²) in [5, 5.41) is 0. The van der Waals surface area contributed by atoms with Crippen molar-refractivity contribution in [3.8, 4) is 0 Å². The summed E-state index contributed by atoms with van der Waals surface area (Å²) in [4.78, 5) is 0.344. The van der Waals surface area contributed by atoms with Gasteiger partial charge in [0.2, 0.25) is 10.0 Å².